The van der Waals surface area contributed by atoms with Crippen LogP contribution in [0.3, 0.4) is 0 Å². The second-order valence-corrected chi connectivity index (χ2v) is 8.10. The molecule has 0 bridgehead atoms. The fraction of sp³-hybridized carbons (Fsp3) is 0.455. The number of rotatable bonds is 8. The normalized spacial score (nSPS) is 21.8. The van der Waals surface area contributed by atoms with E-state index in [9.17, 15) is 35.3 Å². The average Bonchev–Trinajstić information content (AvgIpc) is 3.21. The van der Waals surface area contributed by atoms with Gasteiger partial charge in [0, 0.05) is 11.3 Å². The molecule has 12 heteroatoms. The summed E-state index contributed by atoms with van der Waals surface area (Å²) >= 11 is 0. The Hall–Kier alpha value is -3.66. The van der Waals surface area contributed by atoms with E-state index in [0.717, 1.165) is 0 Å². The van der Waals surface area contributed by atoms with Gasteiger partial charge in [0.05, 0.1) is 25.8 Å². The molecule has 2 aromatic rings. The van der Waals surface area contributed by atoms with Crippen LogP contribution in [0.2, 0.25) is 0 Å². The standard InChI is InChI=1S/C22H26N4O8/c1-10(2)21(30)24-18-12(7-16(22(31)32)34-20(18)19(29)14(28)9-27)26-13(8-23)11-5-4-6-15(33-3)17(11)25-26/h4-7,10,12,14,18-20,27-29H,9H2,1-3H3,(H,24,30)(H,31,32)/t12-,14+,18+,19+,20+/m0/s1. The van der Waals surface area contributed by atoms with Crippen LogP contribution in [0.5, 0.6) is 5.75 Å². The maximum atomic E-state index is 12.6. The molecular weight excluding hydrogens is 448 g/mol. The first-order valence-corrected chi connectivity index (χ1v) is 10.5. The van der Waals surface area contributed by atoms with Gasteiger partial charge in [-0.15, -0.1) is 0 Å². The number of carbonyl (C=O) groups excluding carboxylic acids is 1. The molecule has 5 atom stereocenters. The minimum atomic E-state index is -1.78. The summed E-state index contributed by atoms with van der Waals surface area (Å²) in [5.74, 6) is -2.61. The van der Waals surface area contributed by atoms with Crippen LogP contribution >= 0.6 is 0 Å². The van der Waals surface area contributed by atoms with E-state index < -0.39 is 60.6 Å². The number of aromatic nitrogens is 2. The largest absolute Gasteiger partial charge is 0.494 e. The van der Waals surface area contributed by atoms with Crippen molar-refractivity contribution in [3.63, 3.8) is 0 Å². The van der Waals surface area contributed by atoms with Crippen molar-refractivity contribution in [3.8, 4) is 11.8 Å². The number of hydrogen-bond acceptors (Lipinski definition) is 9. The topological polar surface area (TPSA) is 187 Å². The molecule has 1 aliphatic rings. The van der Waals surface area contributed by atoms with Crippen LogP contribution < -0.4 is 10.1 Å². The lowest BCUT2D eigenvalue weighted by atomic mass is 9.91. The molecule has 3 rings (SSSR count). The van der Waals surface area contributed by atoms with Gasteiger partial charge in [-0.3, -0.25) is 4.79 Å². The number of nitriles is 1. The number of aliphatic hydroxyl groups is 3. The van der Waals surface area contributed by atoms with Gasteiger partial charge >= 0.3 is 5.97 Å². The Kier molecular flexibility index (Phi) is 7.41. The molecule has 1 aromatic carbocycles. The minimum Gasteiger partial charge on any atom is -0.494 e. The fourth-order valence-electron chi connectivity index (χ4n) is 3.75. The number of benzene rings is 1. The van der Waals surface area contributed by atoms with Gasteiger partial charge in [0.2, 0.25) is 11.7 Å². The Bertz CT molecular complexity index is 1150. The van der Waals surface area contributed by atoms with Gasteiger partial charge in [0.1, 0.15) is 41.3 Å². The van der Waals surface area contributed by atoms with Crippen molar-refractivity contribution in [2.45, 2.75) is 44.2 Å². The maximum Gasteiger partial charge on any atom is 0.370 e. The molecule has 0 saturated heterocycles. The van der Waals surface area contributed by atoms with Crippen LogP contribution in [0, 0.1) is 17.2 Å². The van der Waals surface area contributed by atoms with Crippen LogP contribution in [0.15, 0.2) is 30.0 Å². The summed E-state index contributed by atoms with van der Waals surface area (Å²) in [6, 6.07) is 4.73. The number of amides is 1. The molecule has 0 aliphatic carbocycles. The third kappa shape index (κ3) is 4.54. The zero-order chi connectivity index (χ0) is 25.2. The predicted molar refractivity (Wildman–Crippen MR) is 116 cm³/mol. The first-order valence-electron chi connectivity index (χ1n) is 10.5. The molecular formula is C22H26N4O8. The second kappa shape index (κ2) is 10.1. The predicted octanol–water partition coefficient (Wildman–Crippen LogP) is -0.320. The van der Waals surface area contributed by atoms with E-state index in [1.165, 1.54) is 17.9 Å². The fourth-order valence-corrected chi connectivity index (χ4v) is 3.75. The summed E-state index contributed by atoms with van der Waals surface area (Å²) in [7, 11) is 1.44. The molecule has 0 radical (unpaired) electrons. The van der Waals surface area contributed by atoms with Gasteiger partial charge < -0.3 is 35.2 Å². The molecule has 34 heavy (non-hydrogen) atoms. The summed E-state index contributed by atoms with van der Waals surface area (Å²) in [4.78, 5) is 24.4. The highest BCUT2D eigenvalue weighted by atomic mass is 16.5. The van der Waals surface area contributed by atoms with Crippen molar-refractivity contribution < 1.29 is 39.5 Å². The van der Waals surface area contributed by atoms with Crippen molar-refractivity contribution in [1.82, 2.24) is 15.1 Å². The van der Waals surface area contributed by atoms with Crippen LogP contribution in [0.1, 0.15) is 25.6 Å². The Balaban J connectivity index is 2.25. The summed E-state index contributed by atoms with van der Waals surface area (Å²) in [6.07, 6.45) is -3.80. The second-order valence-electron chi connectivity index (χ2n) is 8.10. The van der Waals surface area contributed by atoms with E-state index in [-0.39, 0.29) is 5.69 Å². The number of hydrogen-bond donors (Lipinski definition) is 5. The lowest BCUT2D eigenvalue weighted by Gasteiger charge is -2.40. The highest BCUT2D eigenvalue weighted by Crippen LogP contribution is 2.34. The van der Waals surface area contributed by atoms with E-state index in [0.29, 0.717) is 16.7 Å². The molecule has 5 N–H and O–H groups in total. The number of carboxylic acid groups (broad SMARTS) is 1. The quantitative estimate of drug-likeness (QED) is 0.339. The van der Waals surface area contributed by atoms with Gasteiger partial charge in [0.15, 0.2) is 0 Å². The number of aliphatic hydroxyl groups excluding tert-OH is 3. The number of methoxy groups -OCH3 is 1. The molecule has 182 valence electrons. The molecule has 1 aliphatic heterocycles. The maximum absolute atomic E-state index is 12.6. The van der Waals surface area contributed by atoms with E-state index >= 15 is 0 Å². The molecule has 1 amide bonds. The van der Waals surface area contributed by atoms with Crippen LogP contribution in [0.25, 0.3) is 10.9 Å². The molecule has 0 spiro atoms. The Morgan fingerprint density at radius 3 is 2.62 bits per heavy atom. The van der Waals surface area contributed by atoms with Crippen LogP contribution in [0.4, 0.5) is 0 Å². The highest BCUT2D eigenvalue weighted by molar-refractivity contribution is 5.89. The lowest BCUT2D eigenvalue weighted by molar-refractivity contribution is -0.147. The van der Waals surface area contributed by atoms with E-state index in [4.69, 9.17) is 9.47 Å². The third-order valence-corrected chi connectivity index (χ3v) is 5.57. The zero-order valence-electron chi connectivity index (χ0n) is 18.7. The Morgan fingerprint density at radius 2 is 2.06 bits per heavy atom. The molecule has 0 unspecified atom stereocenters. The van der Waals surface area contributed by atoms with Gasteiger partial charge in [-0.2, -0.15) is 10.4 Å². The molecule has 12 nitrogen and oxygen atoms in total. The van der Waals surface area contributed by atoms with Crippen molar-refractivity contribution in [1.29, 1.82) is 5.26 Å². The van der Waals surface area contributed by atoms with Crippen molar-refractivity contribution in [2.75, 3.05) is 13.7 Å². The number of nitrogens with one attached hydrogen (secondary N) is 1. The lowest BCUT2D eigenvalue weighted by Crippen LogP contribution is -2.59. The van der Waals surface area contributed by atoms with Crippen molar-refractivity contribution >= 4 is 22.8 Å². The SMILES string of the molecule is COc1cccc2c(C#N)n([C@H]3C=C(C(=O)O)O[C@@H]([C@H](O)[C@H](O)CO)[C@@H]3NC(=O)C(C)C)nc12. The molecule has 1 aromatic heterocycles. The third-order valence-electron chi connectivity index (χ3n) is 5.57. The van der Waals surface area contributed by atoms with Crippen molar-refractivity contribution in [2.24, 2.45) is 5.92 Å². The first kappa shape index (κ1) is 25.0. The first-order chi connectivity index (χ1) is 16.1. The number of nitrogens with zero attached hydrogens (tertiary/aromatic N) is 3. The number of fused-ring (bicyclic) bond motifs is 1. The van der Waals surface area contributed by atoms with Gasteiger partial charge in [-0.1, -0.05) is 19.9 Å². The van der Waals surface area contributed by atoms with E-state index in [1.807, 2.05) is 6.07 Å². The monoisotopic (exact) mass is 474 g/mol. The highest BCUT2D eigenvalue weighted by Gasteiger charge is 2.45. The summed E-state index contributed by atoms with van der Waals surface area (Å²) in [6.45, 7) is 2.43. The summed E-state index contributed by atoms with van der Waals surface area (Å²) in [5, 5.41) is 57.2. The Labute approximate surface area is 194 Å². The van der Waals surface area contributed by atoms with Crippen LogP contribution in [-0.4, -0.2) is 80.2 Å². The van der Waals surface area contributed by atoms with E-state index in [1.54, 1.807) is 32.0 Å². The summed E-state index contributed by atoms with van der Waals surface area (Å²) in [5.41, 5.74) is 0.390. The molecule has 0 saturated carbocycles. The average molecular weight is 474 g/mol. The van der Waals surface area contributed by atoms with Crippen molar-refractivity contribution in [3.05, 3.63) is 35.7 Å². The number of carbonyl (C=O) groups is 2. The van der Waals surface area contributed by atoms with Gasteiger partial charge in [0.25, 0.3) is 0 Å². The van der Waals surface area contributed by atoms with Gasteiger partial charge in [-0.05, 0) is 18.2 Å². The van der Waals surface area contributed by atoms with Gasteiger partial charge in [-0.25, -0.2) is 9.48 Å². The minimum absolute atomic E-state index is 0.0570. The van der Waals surface area contributed by atoms with Crippen LogP contribution in [-0.2, 0) is 14.3 Å². The molecule has 0 fully saturated rings. The smallest absolute Gasteiger partial charge is 0.370 e. The number of ether oxygens (including phenoxy) is 2. The van der Waals surface area contributed by atoms with E-state index in [2.05, 4.69) is 10.4 Å². The molecule has 2 heterocycles. The number of aliphatic carboxylic acids is 1. The number of carboxylic acids is 1. The Morgan fingerprint density at radius 1 is 1.35 bits per heavy atom. The summed E-state index contributed by atoms with van der Waals surface area (Å²) < 4.78 is 12.0. The zero-order valence-corrected chi connectivity index (χ0v) is 18.7.